The van der Waals surface area contributed by atoms with E-state index >= 15 is 0 Å². The molecule has 0 bridgehead atoms. The molecule has 1 rings (SSSR count). The molecule has 0 spiro atoms. The van der Waals surface area contributed by atoms with Crippen molar-refractivity contribution in [3.8, 4) is 0 Å². The maximum atomic E-state index is 11.1. The first kappa shape index (κ1) is 4.30. The van der Waals surface area contributed by atoms with E-state index in [-0.39, 0.29) is 11.8 Å². The summed E-state index contributed by atoms with van der Waals surface area (Å²) in [5.41, 5.74) is -1.92. The summed E-state index contributed by atoms with van der Waals surface area (Å²) in [6.07, 6.45) is 0. The third-order valence-corrected chi connectivity index (χ3v) is 1.24. The molecule has 6 heavy (non-hydrogen) atoms. The van der Waals surface area contributed by atoms with Crippen LogP contribution in [0.15, 0.2) is 0 Å². The maximum Gasteiger partial charge on any atom is 0.336 e. The summed E-state index contributed by atoms with van der Waals surface area (Å²) >= 11 is 0.0486. The molecular weight excluding hydrogens is 113 g/mol. The molecule has 0 nitrogen and oxygen atoms in total. The van der Waals surface area contributed by atoms with Crippen LogP contribution in [0.25, 0.3) is 0 Å². The normalized spacial score (nSPS) is 39.5. The second-order valence-corrected chi connectivity index (χ2v) is 2.19. The number of rotatable bonds is 0. The maximum absolute atomic E-state index is 11.1. The minimum absolute atomic E-state index is 0.0486. The van der Waals surface area contributed by atoms with Crippen molar-refractivity contribution in [2.24, 2.45) is 0 Å². The predicted octanol–water partition coefficient (Wildman–Crippen LogP) is 1.62. The molecule has 0 aromatic carbocycles. The van der Waals surface area contributed by atoms with Gasteiger partial charge in [0, 0.05) is 0 Å². The van der Waals surface area contributed by atoms with E-state index in [2.05, 4.69) is 0 Å². The number of halogens is 3. The molecular formula is C2HF3S. The Bertz CT molecular complexity index is 71.2. The van der Waals surface area contributed by atoms with Crippen molar-refractivity contribution in [1.82, 2.24) is 0 Å². The van der Waals surface area contributed by atoms with Crippen molar-refractivity contribution in [3.63, 3.8) is 0 Å². The molecule has 0 unspecified atom stereocenters. The van der Waals surface area contributed by atoms with Crippen LogP contribution in [0.3, 0.4) is 0 Å². The predicted molar refractivity (Wildman–Crippen MR) is 17.4 cm³/mol. The Morgan fingerprint density at radius 2 is 1.67 bits per heavy atom. The summed E-state index contributed by atoms with van der Waals surface area (Å²) in [7, 11) is 0. The third kappa shape index (κ3) is 0.489. The minimum atomic E-state index is -3.04. The number of alkyl halides is 3. The first-order chi connectivity index (χ1) is 2.63. The molecule has 0 aromatic rings. The van der Waals surface area contributed by atoms with Crippen LogP contribution >= 0.6 is 11.8 Å². The lowest BCUT2D eigenvalue weighted by Crippen LogP contribution is -1.89. The van der Waals surface area contributed by atoms with E-state index in [4.69, 9.17) is 0 Å². The molecule has 36 valence electrons. The number of hydrogen-bond donors (Lipinski definition) is 0. The smallest absolute Gasteiger partial charge is 0.228 e. The molecule has 0 aliphatic carbocycles. The van der Waals surface area contributed by atoms with Gasteiger partial charge in [-0.15, -0.1) is 0 Å². The van der Waals surface area contributed by atoms with E-state index in [1.807, 2.05) is 0 Å². The molecule has 4 heteroatoms. The van der Waals surface area contributed by atoms with Crippen molar-refractivity contribution >= 4 is 11.8 Å². The van der Waals surface area contributed by atoms with E-state index < -0.39 is 10.8 Å². The van der Waals surface area contributed by atoms with Crippen LogP contribution in [-0.2, 0) is 0 Å². The molecule has 0 amide bonds. The zero-order valence-electron chi connectivity index (χ0n) is 2.62. The van der Waals surface area contributed by atoms with Crippen LogP contribution in [0.2, 0.25) is 0 Å². The van der Waals surface area contributed by atoms with E-state index in [1.165, 1.54) is 0 Å². The fourth-order valence-electron chi connectivity index (χ4n) is 0.104. The van der Waals surface area contributed by atoms with Crippen molar-refractivity contribution in [2.75, 3.05) is 0 Å². The molecule has 1 heterocycles. The fraction of sp³-hybridized carbons (Fsp3) is 1.00. The average Bonchev–Trinajstić information content (AvgIpc) is 1.73. The largest absolute Gasteiger partial charge is 0.336 e. The Morgan fingerprint density at radius 3 is 1.67 bits per heavy atom. The van der Waals surface area contributed by atoms with Gasteiger partial charge in [0.2, 0.25) is 5.50 Å². The molecule has 0 saturated carbocycles. The van der Waals surface area contributed by atoms with Crippen LogP contribution in [0.5, 0.6) is 0 Å². The van der Waals surface area contributed by atoms with E-state index in [1.54, 1.807) is 0 Å². The highest BCUT2D eigenvalue weighted by Gasteiger charge is 2.60. The van der Waals surface area contributed by atoms with Gasteiger partial charge in [-0.2, -0.15) is 8.78 Å². The Hall–Kier alpha value is 0.140. The zero-order valence-corrected chi connectivity index (χ0v) is 3.44. The molecule has 0 radical (unpaired) electrons. The van der Waals surface area contributed by atoms with E-state index in [9.17, 15) is 13.2 Å². The monoisotopic (exact) mass is 114 g/mol. The second-order valence-electron chi connectivity index (χ2n) is 0.996. The van der Waals surface area contributed by atoms with Gasteiger partial charge in [-0.3, -0.25) is 0 Å². The summed E-state index contributed by atoms with van der Waals surface area (Å²) in [5, 5.41) is -3.04. The van der Waals surface area contributed by atoms with E-state index in [0.717, 1.165) is 0 Å². The van der Waals surface area contributed by atoms with E-state index in [0.29, 0.717) is 0 Å². The van der Waals surface area contributed by atoms with Gasteiger partial charge in [0.15, 0.2) is 0 Å². The lowest BCUT2D eigenvalue weighted by atomic mass is 10.8. The highest BCUT2D eigenvalue weighted by atomic mass is 32.2. The van der Waals surface area contributed by atoms with Crippen molar-refractivity contribution in [2.45, 2.75) is 10.8 Å². The molecule has 0 N–H and O–H groups in total. The first-order valence-electron chi connectivity index (χ1n) is 1.32. The van der Waals surface area contributed by atoms with Crippen molar-refractivity contribution < 1.29 is 13.2 Å². The van der Waals surface area contributed by atoms with Crippen LogP contribution in [0.4, 0.5) is 13.2 Å². The summed E-state index contributed by atoms with van der Waals surface area (Å²) in [6.45, 7) is 0. The molecule has 1 aliphatic rings. The summed E-state index contributed by atoms with van der Waals surface area (Å²) in [4.78, 5) is 0. The van der Waals surface area contributed by atoms with Gasteiger partial charge < -0.3 is 0 Å². The van der Waals surface area contributed by atoms with Gasteiger partial charge in [0.1, 0.15) is 0 Å². The Balaban J connectivity index is 2.41. The van der Waals surface area contributed by atoms with Gasteiger partial charge >= 0.3 is 5.25 Å². The zero-order chi connectivity index (χ0) is 4.78. The molecule has 1 atom stereocenters. The van der Waals surface area contributed by atoms with Crippen LogP contribution in [0, 0.1) is 0 Å². The number of thioether (sulfide) groups is 1. The van der Waals surface area contributed by atoms with Gasteiger partial charge in [-0.05, 0) is 11.8 Å². The van der Waals surface area contributed by atoms with Crippen molar-refractivity contribution in [3.05, 3.63) is 0 Å². The summed E-state index contributed by atoms with van der Waals surface area (Å²) < 4.78 is 33.3. The van der Waals surface area contributed by atoms with Gasteiger partial charge in [-0.25, -0.2) is 4.39 Å². The molecule has 0 aromatic heterocycles. The Kier molecular flexibility index (Phi) is 0.614. The van der Waals surface area contributed by atoms with Crippen LogP contribution in [-0.4, -0.2) is 10.8 Å². The Morgan fingerprint density at radius 1 is 1.50 bits per heavy atom. The average molecular weight is 114 g/mol. The standard InChI is InChI=1S/C2HF3S/c3-1-2(4,5)6-1/h1H/t1-/m1/s1. The Labute approximate surface area is 36.7 Å². The highest BCUT2D eigenvalue weighted by Crippen LogP contribution is 2.56. The van der Waals surface area contributed by atoms with Gasteiger partial charge in [-0.1, -0.05) is 0 Å². The molecule has 1 saturated heterocycles. The number of hydrogen-bond acceptors (Lipinski definition) is 1. The summed E-state index contributed by atoms with van der Waals surface area (Å²) in [6, 6.07) is 0. The second kappa shape index (κ2) is 0.857. The fourth-order valence-corrected chi connectivity index (χ4v) is 0.312. The SMILES string of the molecule is F[C@@H]1SC1(F)F. The lowest BCUT2D eigenvalue weighted by molar-refractivity contribution is 0.105. The lowest BCUT2D eigenvalue weighted by Gasteiger charge is -1.76. The topological polar surface area (TPSA) is 0 Å². The van der Waals surface area contributed by atoms with Crippen LogP contribution < -0.4 is 0 Å². The third-order valence-electron chi connectivity index (χ3n) is 0.468. The minimum Gasteiger partial charge on any atom is -0.228 e. The molecule has 1 aliphatic heterocycles. The highest BCUT2D eigenvalue weighted by molar-refractivity contribution is 8.08. The quantitative estimate of drug-likeness (QED) is 0.431. The van der Waals surface area contributed by atoms with Gasteiger partial charge in [0.25, 0.3) is 0 Å². The first-order valence-corrected chi connectivity index (χ1v) is 2.20. The van der Waals surface area contributed by atoms with Gasteiger partial charge in [0.05, 0.1) is 0 Å². The van der Waals surface area contributed by atoms with Crippen LogP contribution in [0.1, 0.15) is 0 Å². The molecule has 1 fully saturated rings. The van der Waals surface area contributed by atoms with Crippen molar-refractivity contribution in [1.29, 1.82) is 0 Å². The summed E-state index contributed by atoms with van der Waals surface area (Å²) in [5.74, 6) is 0.